The van der Waals surface area contributed by atoms with Crippen molar-refractivity contribution in [3.63, 3.8) is 0 Å². The van der Waals surface area contributed by atoms with Crippen LogP contribution in [0.25, 0.3) is 5.52 Å². The molecule has 27 heavy (non-hydrogen) atoms. The Labute approximate surface area is 160 Å². The van der Waals surface area contributed by atoms with Crippen LogP contribution >= 0.6 is 11.6 Å². The van der Waals surface area contributed by atoms with Gasteiger partial charge in [0.2, 0.25) is 5.82 Å². The fourth-order valence-electron chi connectivity index (χ4n) is 2.52. The molecule has 6 nitrogen and oxygen atoms in total. The third kappa shape index (κ3) is 3.93. The van der Waals surface area contributed by atoms with Gasteiger partial charge < -0.3 is 10.6 Å². The van der Waals surface area contributed by atoms with Crippen molar-refractivity contribution in [3.8, 4) is 0 Å². The van der Waals surface area contributed by atoms with Crippen LogP contribution in [0.15, 0.2) is 42.6 Å². The van der Waals surface area contributed by atoms with Gasteiger partial charge in [-0.1, -0.05) is 24.6 Å². The number of nitrogens with one attached hydrogen (secondary N) is 2. The van der Waals surface area contributed by atoms with E-state index < -0.39 is 11.7 Å². The Balaban J connectivity index is 1.95. The zero-order valence-electron chi connectivity index (χ0n) is 14.8. The number of aromatic nitrogens is 2. The molecule has 0 spiro atoms. The molecule has 2 N–H and O–H groups in total. The first kappa shape index (κ1) is 18.8. The maximum absolute atomic E-state index is 13.3. The summed E-state index contributed by atoms with van der Waals surface area (Å²) >= 11 is 5.75. The predicted molar refractivity (Wildman–Crippen MR) is 102 cm³/mol. The zero-order chi connectivity index (χ0) is 19.6. The summed E-state index contributed by atoms with van der Waals surface area (Å²) in [6.45, 7) is 3.85. The van der Waals surface area contributed by atoms with E-state index in [-0.39, 0.29) is 28.5 Å². The summed E-state index contributed by atoms with van der Waals surface area (Å²) in [4.78, 5) is 29.4. The lowest BCUT2D eigenvalue weighted by molar-refractivity contribution is 0.0936. The van der Waals surface area contributed by atoms with Gasteiger partial charge in [0, 0.05) is 17.9 Å². The van der Waals surface area contributed by atoms with E-state index in [9.17, 15) is 14.0 Å². The van der Waals surface area contributed by atoms with E-state index in [0.717, 1.165) is 12.5 Å². The highest BCUT2D eigenvalue weighted by Crippen LogP contribution is 2.20. The van der Waals surface area contributed by atoms with Crippen LogP contribution in [-0.2, 0) is 0 Å². The molecular formula is C19H18ClFN4O2. The minimum Gasteiger partial charge on any atom is -0.348 e. The van der Waals surface area contributed by atoms with Gasteiger partial charge in [-0.05, 0) is 43.7 Å². The van der Waals surface area contributed by atoms with Gasteiger partial charge in [0.25, 0.3) is 11.8 Å². The third-order valence-corrected chi connectivity index (χ3v) is 4.42. The first-order chi connectivity index (χ1) is 12.9. The molecule has 0 radical (unpaired) electrons. The summed E-state index contributed by atoms with van der Waals surface area (Å²) in [7, 11) is 0. The number of anilines is 1. The van der Waals surface area contributed by atoms with Gasteiger partial charge in [0.1, 0.15) is 5.82 Å². The predicted octanol–water partition coefficient (Wildman–Crippen LogP) is 3.91. The van der Waals surface area contributed by atoms with Crippen molar-refractivity contribution < 1.29 is 14.0 Å². The van der Waals surface area contributed by atoms with Crippen LogP contribution in [0.3, 0.4) is 0 Å². The molecular weight excluding hydrogens is 371 g/mol. The molecule has 0 fully saturated rings. The number of carbonyl (C=O) groups excluding carboxylic acids is 2. The Bertz CT molecular complexity index is 1020. The molecule has 3 rings (SSSR count). The second-order valence-corrected chi connectivity index (χ2v) is 6.51. The third-order valence-electron chi connectivity index (χ3n) is 4.13. The average Bonchev–Trinajstić information content (AvgIpc) is 3.04. The summed E-state index contributed by atoms with van der Waals surface area (Å²) in [6.07, 6.45) is 2.42. The SMILES string of the molecule is CCC(C)NC(=O)c1nc(C(=O)Nc2ccc(F)c(Cl)c2)n2ccccc12. The molecule has 1 aromatic carbocycles. The summed E-state index contributed by atoms with van der Waals surface area (Å²) in [5, 5.41) is 5.36. The Morgan fingerprint density at radius 1 is 1.26 bits per heavy atom. The summed E-state index contributed by atoms with van der Waals surface area (Å²) in [6, 6.07) is 9.05. The number of fused-ring (bicyclic) bond motifs is 1. The van der Waals surface area contributed by atoms with Crippen molar-refractivity contribution in [1.29, 1.82) is 0 Å². The number of pyridine rings is 1. The van der Waals surface area contributed by atoms with Crippen molar-refractivity contribution in [1.82, 2.24) is 14.7 Å². The van der Waals surface area contributed by atoms with E-state index in [1.165, 1.54) is 16.5 Å². The van der Waals surface area contributed by atoms with Gasteiger partial charge in [0.15, 0.2) is 5.69 Å². The van der Waals surface area contributed by atoms with Gasteiger partial charge in [-0.2, -0.15) is 0 Å². The topological polar surface area (TPSA) is 75.5 Å². The molecule has 8 heteroatoms. The van der Waals surface area contributed by atoms with Crippen molar-refractivity contribution in [2.45, 2.75) is 26.3 Å². The second kappa shape index (κ2) is 7.75. The van der Waals surface area contributed by atoms with Crippen LogP contribution in [0, 0.1) is 5.82 Å². The number of hydrogen-bond acceptors (Lipinski definition) is 3. The van der Waals surface area contributed by atoms with E-state index in [2.05, 4.69) is 15.6 Å². The van der Waals surface area contributed by atoms with Crippen LogP contribution in [0.2, 0.25) is 5.02 Å². The fraction of sp³-hybridized carbons (Fsp3) is 0.211. The number of amides is 2. The van der Waals surface area contributed by atoms with Crippen LogP contribution in [0.5, 0.6) is 0 Å². The molecule has 0 saturated heterocycles. The smallest absolute Gasteiger partial charge is 0.292 e. The molecule has 1 unspecified atom stereocenters. The first-order valence-corrected chi connectivity index (χ1v) is 8.82. The van der Waals surface area contributed by atoms with Gasteiger partial charge in [-0.25, -0.2) is 9.37 Å². The molecule has 0 saturated carbocycles. The van der Waals surface area contributed by atoms with Gasteiger partial charge >= 0.3 is 0 Å². The lowest BCUT2D eigenvalue weighted by atomic mass is 10.2. The Morgan fingerprint density at radius 2 is 2.04 bits per heavy atom. The molecule has 0 aliphatic heterocycles. The van der Waals surface area contributed by atoms with Crippen molar-refractivity contribution >= 4 is 34.6 Å². The number of nitrogens with zero attached hydrogens (tertiary/aromatic N) is 2. The summed E-state index contributed by atoms with van der Waals surface area (Å²) in [5.74, 6) is -1.43. The number of benzene rings is 1. The minimum absolute atomic E-state index is 0.0170. The normalized spacial score (nSPS) is 12.0. The lowest BCUT2D eigenvalue weighted by Gasteiger charge is -2.09. The zero-order valence-corrected chi connectivity index (χ0v) is 15.5. The number of carbonyl (C=O) groups is 2. The molecule has 0 aliphatic rings. The molecule has 1 atom stereocenters. The maximum Gasteiger partial charge on any atom is 0.292 e. The van der Waals surface area contributed by atoms with E-state index >= 15 is 0 Å². The van der Waals surface area contributed by atoms with E-state index in [1.807, 2.05) is 13.8 Å². The van der Waals surface area contributed by atoms with Crippen LogP contribution < -0.4 is 10.6 Å². The molecule has 0 bridgehead atoms. The average molecular weight is 389 g/mol. The Hall–Kier alpha value is -2.93. The fourth-order valence-corrected chi connectivity index (χ4v) is 2.70. The van der Waals surface area contributed by atoms with Gasteiger partial charge in [-0.15, -0.1) is 0 Å². The van der Waals surface area contributed by atoms with Crippen molar-refractivity contribution in [3.05, 3.63) is 65.0 Å². The molecule has 0 aliphatic carbocycles. The molecule has 140 valence electrons. The minimum atomic E-state index is -0.579. The largest absolute Gasteiger partial charge is 0.348 e. The molecule has 2 aromatic heterocycles. The highest BCUT2D eigenvalue weighted by molar-refractivity contribution is 6.31. The maximum atomic E-state index is 13.3. The number of hydrogen-bond donors (Lipinski definition) is 2. The van der Waals surface area contributed by atoms with E-state index in [0.29, 0.717) is 11.2 Å². The highest BCUT2D eigenvalue weighted by atomic mass is 35.5. The number of halogens is 2. The molecule has 2 amide bonds. The highest BCUT2D eigenvalue weighted by Gasteiger charge is 2.22. The quantitative estimate of drug-likeness (QED) is 0.695. The Morgan fingerprint density at radius 3 is 2.74 bits per heavy atom. The molecule has 3 aromatic rings. The van der Waals surface area contributed by atoms with Gasteiger partial charge in [0.05, 0.1) is 10.5 Å². The van der Waals surface area contributed by atoms with Crippen LogP contribution in [-0.4, -0.2) is 27.2 Å². The van der Waals surface area contributed by atoms with E-state index in [4.69, 9.17) is 11.6 Å². The van der Waals surface area contributed by atoms with E-state index in [1.54, 1.807) is 24.4 Å². The van der Waals surface area contributed by atoms with Crippen molar-refractivity contribution in [2.24, 2.45) is 0 Å². The Kier molecular flexibility index (Phi) is 5.41. The lowest BCUT2D eigenvalue weighted by Crippen LogP contribution is -2.32. The van der Waals surface area contributed by atoms with Crippen LogP contribution in [0.4, 0.5) is 10.1 Å². The van der Waals surface area contributed by atoms with Crippen LogP contribution in [0.1, 0.15) is 41.4 Å². The first-order valence-electron chi connectivity index (χ1n) is 8.45. The second-order valence-electron chi connectivity index (χ2n) is 6.11. The monoisotopic (exact) mass is 388 g/mol. The van der Waals surface area contributed by atoms with Gasteiger partial charge in [-0.3, -0.25) is 14.0 Å². The molecule has 2 heterocycles. The number of rotatable bonds is 5. The summed E-state index contributed by atoms with van der Waals surface area (Å²) in [5.41, 5.74) is 1.00. The number of imidazole rings is 1. The summed E-state index contributed by atoms with van der Waals surface area (Å²) < 4.78 is 14.8. The van der Waals surface area contributed by atoms with Crippen molar-refractivity contribution in [2.75, 3.05) is 5.32 Å². The standard InChI is InChI=1S/C19H18ClFN4O2/c1-3-11(2)22-18(26)16-15-6-4-5-9-25(15)17(24-16)19(27)23-12-7-8-14(21)13(20)10-12/h4-11H,3H2,1-2H3,(H,22,26)(H,23,27).